The zero-order chi connectivity index (χ0) is 15.4. The molecule has 0 radical (unpaired) electrons. The number of hydrogen-bond acceptors (Lipinski definition) is 4. The second-order valence-electron chi connectivity index (χ2n) is 5.52. The molecule has 0 unspecified atom stereocenters. The van der Waals surface area contributed by atoms with E-state index in [0.29, 0.717) is 10.2 Å². The summed E-state index contributed by atoms with van der Waals surface area (Å²) in [7, 11) is 1.57. The number of nitrogens with one attached hydrogen (secondary N) is 1. The van der Waals surface area contributed by atoms with Crippen LogP contribution in [0, 0.1) is 0 Å². The molecule has 0 saturated carbocycles. The summed E-state index contributed by atoms with van der Waals surface area (Å²) in [5, 5.41) is 13.4. The molecule has 0 amide bonds. The lowest BCUT2D eigenvalue weighted by molar-refractivity contribution is 0.172. The predicted octanol–water partition coefficient (Wildman–Crippen LogP) is 3.92. The van der Waals surface area contributed by atoms with E-state index in [0.717, 1.165) is 43.7 Å². The Hall–Kier alpha value is -0.460. The number of halogens is 3. The highest BCUT2D eigenvalue weighted by molar-refractivity contribution is 9.10. The molecular weight excluding hydrogens is 403 g/mol. The van der Waals surface area contributed by atoms with Crippen LogP contribution in [0.2, 0.25) is 0 Å². The third-order valence-electron chi connectivity index (χ3n) is 3.79. The molecule has 7 heteroatoms. The van der Waals surface area contributed by atoms with Gasteiger partial charge in [0.05, 0.1) is 11.6 Å². The van der Waals surface area contributed by atoms with Crippen molar-refractivity contribution >= 4 is 40.7 Å². The van der Waals surface area contributed by atoms with E-state index < -0.39 is 0 Å². The van der Waals surface area contributed by atoms with Crippen molar-refractivity contribution < 1.29 is 9.84 Å². The van der Waals surface area contributed by atoms with E-state index in [4.69, 9.17) is 4.74 Å². The van der Waals surface area contributed by atoms with Gasteiger partial charge in [0.2, 0.25) is 0 Å². The highest BCUT2D eigenvalue weighted by atomic mass is 79.9. The van der Waals surface area contributed by atoms with Gasteiger partial charge in [-0.15, -0.1) is 31.4 Å². The van der Waals surface area contributed by atoms with E-state index in [9.17, 15) is 5.11 Å². The molecule has 1 heterocycles. The Kier molecular flexibility index (Phi) is 10.2. The fraction of sp³-hybridized carbons (Fsp3) is 0.500. The van der Waals surface area contributed by atoms with Gasteiger partial charge in [-0.25, -0.2) is 0 Å². The molecule has 1 aliphatic heterocycles. The number of nitrogens with zero attached hydrogens (tertiary/aromatic N) is 1. The van der Waals surface area contributed by atoms with Crippen LogP contribution in [0.4, 0.5) is 0 Å². The smallest absolute Gasteiger partial charge is 0.172 e. The summed E-state index contributed by atoms with van der Waals surface area (Å²) in [5.74, 6) is 0.650. The maximum absolute atomic E-state index is 9.98. The first-order valence-corrected chi connectivity index (χ1v) is 7.97. The highest BCUT2D eigenvalue weighted by Crippen LogP contribution is 2.39. The number of methoxy groups -OCH3 is 1. The molecule has 1 atom stereocenters. The van der Waals surface area contributed by atoms with E-state index in [-0.39, 0.29) is 36.6 Å². The van der Waals surface area contributed by atoms with E-state index in [1.54, 1.807) is 7.11 Å². The Morgan fingerprint density at radius 1 is 1.39 bits per heavy atom. The highest BCUT2D eigenvalue weighted by Gasteiger charge is 2.24. The summed E-state index contributed by atoms with van der Waals surface area (Å²) in [6.45, 7) is 10.2. The molecular formula is C16H25BrCl2N2O2. The van der Waals surface area contributed by atoms with Gasteiger partial charge in [-0.2, -0.15) is 0 Å². The molecule has 132 valence electrons. The van der Waals surface area contributed by atoms with Crippen LogP contribution in [0.3, 0.4) is 0 Å². The van der Waals surface area contributed by atoms with Crippen LogP contribution in [0.1, 0.15) is 24.9 Å². The van der Waals surface area contributed by atoms with E-state index in [2.05, 4.69) is 39.6 Å². The Bertz CT molecular complexity index is 523. The van der Waals surface area contributed by atoms with Gasteiger partial charge in [0, 0.05) is 32.2 Å². The number of benzene rings is 1. The van der Waals surface area contributed by atoms with E-state index in [1.165, 1.54) is 0 Å². The van der Waals surface area contributed by atoms with Crippen molar-refractivity contribution in [1.82, 2.24) is 10.2 Å². The molecule has 0 aromatic heterocycles. The number of hydrogen-bond donors (Lipinski definition) is 2. The molecule has 4 nitrogen and oxygen atoms in total. The van der Waals surface area contributed by atoms with Crippen molar-refractivity contribution in [2.75, 3.05) is 33.3 Å². The second kappa shape index (κ2) is 10.4. The summed E-state index contributed by atoms with van der Waals surface area (Å²) in [4.78, 5) is 2.46. The van der Waals surface area contributed by atoms with Gasteiger partial charge in [-0.1, -0.05) is 5.57 Å². The molecule has 0 bridgehead atoms. The standard InChI is InChI=1S/C16H23BrN2O2.2ClH/c1-11(2)8-14(19-6-4-18-5-7-19)12-9-13(17)16(20)15(10-12)21-3;;/h9-10,14,18,20H,1,4-8H2,2-3H3;2*1H/t14-;;/m1../s1. The molecule has 1 fully saturated rings. The lowest BCUT2D eigenvalue weighted by Gasteiger charge is -2.35. The molecule has 1 aromatic carbocycles. The second-order valence-corrected chi connectivity index (χ2v) is 6.37. The van der Waals surface area contributed by atoms with Crippen molar-refractivity contribution in [1.29, 1.82) is 0 Å². The molecule has 0 aliphatic carbocycles. The van der Waals surface area contributed by atoms with Gasteiger partial charge in [0.1, 0.15) is 0 Å². The molecule has 1 saturated heterocycles. The third-order valence-corrected chi connectivity index (χ3v) is 4.39. The fourth-order valence-corrected chi connectivity index (χ4v) is 3.18. The Balaban J connectivity index is 0.00000242. The maximum atomic E-state index is 9.98. The minimum absolute atomic E-state index is 0. The number of aromatic hydroxyl groups is 1. The molecule has 1 aliphatic rings. The first-order chi connectivity index (χ1) is 10.0. The fourth-order valence-electron chi connectivity index (χ4n) is 2.72. The monoisotopic (exact) mass is 426 g/mol. The van der Waals surface area contributed by atoms with Gasteiger partial charge < -0.3 is 15.2 Å². The van der Waals surface area contributed by atoms with Crippen molar-refractivity contribution in [2.24, 2.45) is 0 Å². The molecule has 0 spiro atoms. The van der Waals surface area contributed by atoms with Gasteiger partial charge in [-0.3, -0.25) is 4.90 Å². The Morgan fingerprint density at radius 3 is 2.52 bits per heavy atom. The van der Waals surface area contributed by atoms with Crippen LogP contribution in [0.25, 0.3) is 0 Å². The van der Waals surface area contributed by atoms with Crippen LogP contribution in [0.15, 0.2) is 28.8 Å². The van der Waals surface area contributed by atoms with Crippen molar-refractivity contribution in [3.8, 4) is 11.5 Å². The van der Waals surface area contributed by atoms with Crippen molar-refractivity contribution in [3.05, 3.63) is 34.3 Å². The van der Waals surface area contributed by atoms with Crippen LogP contribution < -0.4 is 10.1 Å². The average molecular weight is 428 g/mol. The van der Waals surface area contributed by atoms with Crippen LogP contribution in [0.5, 0.6) is 11.5 Å². The number of rotatable bonds is 5. The number of piperazine rings is 1. The quantitative estimate of drug-likeness (QED) is 0.699. The van der Waals surface area contributed by atoms with Crippen LogP contribution in [-0.2, 0) is 0 Å². The number of phenolic OH excluding ortho intramolecular Hbond substituents is 1. The van der Waals surface area contributed by atoms with Crippen LogP contribution in [-0.4, -0.2) is 43.3 Å². The Morgan fingerprint density at radius 2 is 2.00 bits per heavy atom. The topological polar surface area (TPSA) is 44.7 Å². The summed E-state index contributed by atoms with van der Waals surface area (Å²) < 4.78 is 5.94. The minimum atomic E-state index is 0. The van der Waals surface area contributed by atoms with Crippen molar-refractivity contribution in [3.63, 3.8) is 0 Å². The van der Waals surface area contributed by atoms with Gasteiger partial charge in [0.15, 0.2) is 11.5 Å². The first-order valence-electron chi connectivity index (χ1n) is 7.18. The number of ether oxygens (including phenoxy) is 1. The zero-order valence-electron chi connectivity index (χ0n) is 13.5. The van der Waals surface area contributed by atoms with Crippen molar-refractivity contribution in [2.45, 2.75) is 19.4 Å². The molecule has 1 aromatic rings. The largest absolute Gasteiger partial charge is 0.503 e. The molecule has 23 heavy (non-hydrogen) atoms. The summed E-state index contributed by atoms with van der Waals surface area (Å²) in [6.07, 6.45) is 0.903. The first kappa shape index (κ1) is 22.5. The lowest BCUT2D eigenvalue weighted by atomic mass is 9.97. The normalized spacial score (nSPS) is 16.0. The van der Waals surface area contributed by atoms with Gasteiger partial charge in [0.25, 0.3) is 0 Å². The Labute approximate surface area is 159 Å². The SMILES string of the molecule is C=C(C)C[C@H](c1cc(Br)c(O)c(OC)c1)N1CCNCC1.Cl.Cl. The molecule has 2 rings (SSSR count). The maximum Gasteiger partial charge on any atom is 0.172 e. The van der Waals surface area contributed by atoms with E-state index in [1.807, 2.05) is 12.1 Å². The predicted molar refractivity (Wildman–Crippen MR) is 103 cm³/mol. The van der Waals surface area contributed by atoms with Gasteiger partial charge >= 0.3 is 0 Å². The minimum Gasteiger partial charge on any atom is -0.503 e. The summed E-state index contributed by atoms with van der Waals surface area (Å²) in [6, 6.07) is 4.17. The lowest BCUT2D eigenvalue weighted by Crippen LogP contribution is -2.45. The summed E-state index contributed by atoms with van der Waals surface area (Å²) in [5.41, 5.74) is 2.29. The summed E-state index contributed by atoms with van der Waals surface area (Å²) >= 11 is 3.41. The third kappa shape index (κ3) is 5.84. The van der Waals surface area contributed by atoms with Crippen LogP contribution >= 0.6 is 40.7 Å². The van der Waals surface area contributed by atoms with E-state index >= 15 is 0 Å². The number of phenols is 1. The zero-order valence-corrected chi connectivity index (χ0v) is 16.7. The molecule has 2 N–H and O–H groups in total. The average Bonchev–Trinajstić information content (AvgIpc) is 2.48. The van der Waals surface area contributed by atoms with Gasteiger partial charge in [-0.05, 0) is 47.0 Å².